The number of ether oxygens (including phenoxy) is 1. The molecule has 5 rings (SSSR count). The molecule has 0 unspecified atom stereocenters. The second-order valence-corrected chi connectivity index (χ2v) is 8.41. The van der Waals surface area contributed by atoms with Crippen LogP contribution in [-0.2, 0) is 13.2 Å². The number of pyridine rings is 2. The number of amides is 1. The zero-order valence-corrected chi connectivity index (χ0v) is 19.5. The monoisotopic (exact) mass is 467 g/mol. The van der Waals surface area contributed by atoms with E-state index in [1.165, 1.54) is 0 Å². The van der Waals surface area contributed by atoms with E-state index in [-0.39, 0.29) is 11.9 Å². The summed E-state index contributed by atoms with van der Waals surface area (Å²) in [6.07, 6.45) is 4.95. The number of carbonyl (C=O) groups is 1. The van der Waals surface area contributed by atoms with Gasteiger partial charge in [-0.15, -0.1) is 0 Å². The number of nitrogens with one attached hydrogen (secondary N) is 1. The van der Waals surface area contributed by atoms with Crippen molar-refractivity contribution in [3.63, 3.8) is 0 Å². The summed E-state index contributed by atoms with van der Waals surface area (Å²) in [4.78, 5) is 22.3. The Labute approximate surface area is 202 Å². The van der Waals surface area contributed by atoms with Crippen molar-refractivity contribution in [3.05, 3.63) is 96.0 Å². The second kappa shape index (κ2) is 9.80. The van der Waals surface area contributed by atoms with Crippen molar-refractivity contribution in [2.24, 2.45) is 0 Å². The van der Waals surface area contributed by atoms with Gasteiger partial charge >= 0.3 is 0 Å². The molecule has 0 saturated heterocycles. The molecule has 0 aliphatic carbocycles. The molecule has 1 N–H and O–H groups in total. The molecule has 0 radical (unpaired) electrons. The normalized spacial score (nSPS) is 11.2. The number of nitrogens with zero attached hydrogens (tertiary/aromatic N) is 4. The first-order valence-corrected chi connectivity index (χ1v) is 11.4. The number of aromatic nitrogens is 4. The predicted molar refractivity (Wildman–Crippen MR) is 132 cm³/mol. The number of rotatable bonds is 8. The molecule has 8 heteroatoms. The van der Waals surface area contributed by atoms with E-state index in [2.05, 4.69) is 15.4 Å². The maximum Gasteiger partial charge on any atom is 0.252 e. The average molecular weight is 468 g/mol. The minimum absolute atomic E-state index is 0.0916. The van der Waals surface area contributed by atoms with E-state index in [9.17, 15) is 4.79 Å². The van der Waals surface area contributed by atoms with Gasteiger partial charge in [0.25, 0.3) is 5.91 Å². The molecular weight excluding hydrogens is 442 g/mol. The fraction of sp³-hybridized carbons (Fsp3) is 0.185. The number of hydrogen-bond acceptors (Lipinski definition) is 6. The van der Waals surface area contributed by atoms with Gasteiger partial charge in [0.05, 0.1) is 23.4 Å². The van der Waals surface area contributed by atoms with Crippen molar-refractivity contribution >= 4 is 16.9 Å². The van der Waals surface area contributed by atoms with Gasteiger partial charge in [0, 0.05) is 24.8 Å². The van der Waals surface area contributed by atoms with Crippen molar-refractivity contribution in [1.29, 1.82) is 0 Å². The molecule has 1 amide bonds. The highest BCUT2D eigenvalue weighted by Crippen LogP contribution is 2.26. The second-order valence-electron chi connectivity index (χ2n) is 8.41. The summed E-state index contributed by atoms with van der Waals surface area (Å²) in [5.41, 5.74) is 3.65. The van der Waals surface area contributed by atoms with Gasteiger partial charge in [-0.3, -0.25) is 4.79 Å². The Morgan fingerprint density at radius 3 is 2.71 bits per heavy atom. The van der Waals surface area contributed by atoms with Gasteiger partial charge in [-0.1, -0.05) is 30.3 Å². The van der Waals surface area contributed by atoms with Crippen LogP contribution >= 0.6 is 0 Å². The summed E-state index contributed by atoms with van der Waals surface area (Å²) in [7, 11) is 0. The fourth-order valence-corrected chi connectivity index (χ4v) is 3.78. The van der Waals surface area contributed by atoms with Crippen LogP contribution in [0.4, 0.5) is 0 Å². The maximum absolute atomic E-state index is 13.3. The van der Waals surface area contributed by atoms with Crippen molar-refractivity contribution in [3.8, 4) is 17.3 Å². The zero-order valence-electron chi connectivity index (χ0n) is 19.5. The Morgan fingerprint density at radius 1 is 1.09 bits per heavy atom. The van der Waals surface area contributed by atoms with E-state index < -0.39 is 0 Å². The van der Waals surface area contributed by atoms with Crippen molar-refractivity contribution in [2.45, 2.75) is 33.0 Å². The molecular formula is C27H25N5O3. The van der Waals surface area contributed by atoms with Gasteiger partial charge in [0.15, 0.2) is 11.4 Å². The molecule has 176 valence electrons. The Morgan fingerprint density at radius 2 is 1.94 bits per heavy atom. The molecule has 1 aromatic carbocycles. The predicted octanol–water partition coefficient (Wildman–Crippen LogP) is 5.18. The van der Waals surface area contributed by atoms with E-state index in [1.54, 1.807) is 35.5 Å². The lowest BCUT2D eigenvalue weighted by atomic mass is 10.1. The van der Waals surface area contributed by atoms with Gasteiger partial charge in [0.2, 0.25) is 5.88 Å². The summed E-state index contributed by atoms with van der Waals surface area (Å²) in [5.74, 6) is 0.870. The SMILES string of the molecule is CC(C)n1ncc2c(C(=O)NCc3ccnc(OCc4ccccc4)c3)cc(-c3ccco3)nc21. The van der Waals surface area contributed by atoms with E-state index in [0.29, 0.717) is 47.1 Å². The highest BCUT2D eigenvalue weighted by molar-refractivity contribution is 6.06. The first-order chi connectivity index (χ1) is 17.1. The molecule has 0 aliphatic heterocycles. The van der Waals surface area contributed by atoms with Crippen LogP contribution in [0.3, 0.4) is 0 Å². The summed E-state index contributed by atoms with van der Waals surface area (Å²) in [5, 5.41) is 8.14. The van der Waals surface area contributed by atoms with Crippen molar-refractivity contribution < 1.29 is 13.9 Å². The molecule has 0 atom stereocenters. The van der Waals surface area contributed by atoms with Crippen LogP contribution < -0.4 is 10.1 Å². The molecule has 5 aromatic rings. The smallest absolute Gasteiger partial charge is 0.252 e. The third-order valence-electron chi connectivity index (χ3n) is 5.56. The van der Waals surface area contributed by atoms with E-state index in [1.807, 2.05) is 62.4 Å². The Kier molecular flexibility index (Phi) is 6.26. The summed E-state index contributed by atoms with van der Waals surface area (Å²) in [6.45, 7) is 4.79. The van der Waals surface area contributed by atoms with Crippen LogP contribution in [0, 0.1) is 0 Å². The van der Waals surface area contributed by atoms with Crippen LogP contribution in [0.5, 0.6) is 5.88 Å². The number of benzene rings is 1. The minimum atomic E-state index is -0.225. The number of hydrogen-bond donors (Lipinski definition) is 1. The van der Waals surface area contributed by atoms with E-state index in [4.69, 9.17) is 14.1 Å². The lowest BCUT2D eigenvalue weighted by Gasteiger charge is -2.11. The molecule has 35 heavy (non-hydrogen) atoms. The number of fused-ring (bicyclic) bond motifs is 1. The minimum Gasteiger partial charge on any atom is -0.473 e. The first kappa shape index (κ1) is 22.3. The number of carbonyl (C=O) groups excluding carboxylic acids is 1. The maximum atomic E-state index is 13.3. The van der Waals surface area contributed by atoms with Crippen molar-refractivity contribution in [2.75, 3.05) is 0 Å². The third-order valence-corrected chi connectivity index (χ3v) is 5.56. The van der Waals surface area contributed by atoms with Crippen LogP contribution in [0.2, 0.25) is 0 Å². The van der Waals surface area contributed by atoms with Crippen LogP contribution in [0.25, 0.3) is 22.5 Å². The van der Waals surface area contributed by atoms with E-state index >= 15 is 0 Å². The summed E-state index contributed by atoms with van der Waals surface area (Å²) in [6, 6.07) is 19.0. The molecule has 4 heterocycles. The van der Waals surface area contributed by atoms with Gasteiger partial charge < -0.3 is 14.5 Å². The van der Waals surface area contributed by atoms with Crippen molar-refractivity contribution in [1.82, 2.24) is 25.1 Å². The molecule has 8 nitrogen and oxygen atoms in total. The highest BCUT2D eigenvalue weighted by atomic mass is 16.5. The lowest BCUT2D eigenvalue weighted by Crippen LogP contribution is -2.23. The number of furan rings is 1. The van der Waals surface area contributed by atoms with E-state index in [0.717, 1.165) is 11.1 Å². The quantitative estimate of drug-likeness (QED) is 0.338. The lowest BCUT2D eigenvalue weighted by molar-refractivity contribution is 0.0952. The summed E-state index contributed by atoms with van der Waals surface area (Å²) >= 11 is 0. The largest absolute Gasteiger partial charge is 0.473 e. The van der Waals surface area contributed by atoms with Gasteiger partial charge in [-0.25, -0.2) is 14.6 Å². The topological polar surface area (TPSA) is 95.1 Å². The Bertz CT molecular complexity index is 1440. The Hall–Kier alpha value is -4.46. The molecule has 0 bridgehead atoms. The molecule has 0 spiro atoms. The third kappa shape index (κ3) is 4.91. The first-order valence-electron chi connectivity index (χ1n) is 11.4. The molecule has 0 aliphatic rings. The molecule has 4 aromatic heterocycles. The van der Waals surface area contributed by atoms with Gasteiger partial charge in [0.1, 0.15) is 12.3 Å². The zero-order chi connectivity index (χ0) is 24.2. The molecule has 0 saturated carbocycles. The highest BCUT2D eigenvalue weighted by Gasteiger charge is 2.19. The molecule has 0 fully saturated rings. The van der Waals surface area contributed by atoms with Crippen LogP contribution in [-0.4, -0.2) is 25.7 Å². The summed E-state index contributed by atoms with van der Waals surface area (Å²) < 4.78 is 13.1. The van der Waals surface area contributed by atoms with Crippen LogP contribution in [0.1, 0.15) is 41.4 Å². The van der Waals surface area contributed by atoms with Gasteiger partial charge in [-0.05, 0) is 49.2 Å². The Balaban J connectivity index is 1.35. The van der Waals surface area contributed by atoms with Crippen LogP contribution in [0.15, 0.2) is 83.7 Å². The standard InChI is InChI=1S/C27H25N5O3/c1-18(2)32-26-22(16-30-32)21(14-23(31-26)24-9-6-12-34-24)27(33)29-15-20-10-11-28-25(13-20)35-17-19-7-4-3-5-8-19/h3-14,16,18H,15,17H2,1-2H3,(H,29,33). The van der Waals surface area contributed by atoms with Gasteiger partial charge in [-0.2, -0.15) is 5.10 Å². The fourth-order valence-electron chi connectivity index (χ4n) is 3.78. The average Bonchev–Trinajstić information content (AvgIpc) is 3.57.